The Hall–Kier alpha value is -2.23. The molecule has 0 aliphatic carbocycles. The number of nitrogens with two attached hydrogens (primary N) is 1. The highest BCUT2D eigenvalue weighted by Gasteiger charge is 2.41. The summed E-state index contributed by atoms with van der Waals surface area (Å²) >= 11 is 0. The molecule has 2 amide bonds. The molecule has 2 aliphatic rings. The lowest BCUT2D eigenvalue weighted by molar-refractivity contribution is -0.162. The van der Waals surface area contributed by atoms with Crippen LogP contribution in [-0.4, -0.2) is 98.2 Å². The number of primary amides is 1. The molecule has 0 unspecified atom stereocenters. The van der Waals surface area contributed by atoms with E-state index < -0.39 is 11.5 Å². The van der Waals surface area contributed by atoms with Gasteiger partial charge in [-0.2, -0.15) is 0 Å². The van der Waals surface area contributed by atoms with E-state index in [9.17, 15) is 14.0 Å². The molecule has 2 aliphatic heterocycles. The van der Waals surface area contributed by atoms with Gasteiger partial charge in [-0.25, -0.2) is 4.39 Å². The normalized spacial score (nSPS) is 23.7. The average molecular weight is 408 g/mol. The first-order valence-corrected chi connectivity index (χ1v) is 9.85. The molecule has 1 atom stereocenters. The minimum absolute atomic E-state index is 0.00785. The van der Waals surface area contributed by atoms with Crippen LogP contribution in [0.3, 0.4) is 0 Å². The number of benzene rings is 1. The topological polar surface area (TPSA) is 88.3 Å². The second kappa shape index (κ2) is 9.51. The predicted octanol–water partition coefficient (Wildman–Crippen LogP) is -0.0751. The van der Waals surface area contributed by atoms with Gasteiger partial charge in [-0.05, 0) is 31.3 Å². The van der Waals surface area contributed by atoms with Crippen LogP contribution in [-0.2, 0) is 14.3 Å². The van der Waals surface area contributed by atoms with Crippen molar-refractivity contribution in [3.63, 3.8) is 0 Å². The van der Waals surface area contributed by atoms with E-state index in [0.717, 1.165) is 26.2 Å². The molecular weight excluding hydrogens is 379 g/mol. The fraction of sp³-hybridized carbons (Fsp3) is 0.600. The molecule has 1 aromatic carbocycles. The maximum Gasteiger partial charge on any atom is 0.236 e. The number of morpholine rings is 1. The van der Waals surface area contributed by atoms with Crippen LogP contribution in [0, 0.1) is 5.82 Å². The standard InChI is InChI=1S/C20H29FN4O4/c1-23-6-8-24(9-7-23)13-19(27)25-10-11-29-20(14-25,12-18(22)26)15-28-17-4-2-16(21)3-5-17/h2-5H,6-15H2,1H3,(H2,22,26)/t20-/m0/s1. The summed E-state index contributed by atoms with van der Waals surface area (Å²) in [5.74, 6) is -0.423. The van der Waals surface area contributed by atoms with Crippen molar-refractivity contribution >= 4 is 11.8 Å². The van der Waals surface area contributed by atoms with Gasteiger partial charge in [0.1, 0.15) is 23.8 Å². The predicted molar refractivity (Wildman–Crippen MR) is 105 cm³/mol. The third-order valence-corrected chi connectivity index (χ3v) is 5.37. The molecule has 1 aromatic rings. The Balaban J connectivity index is 1.62. The highest BCUT2D eigenvalue weighted by Crippen LogP contribution is 2.24. The van der Waals surface area contributed by atoms with Crippen molar-refractivity contribution in [1.82, 2.24) is 14.7 Å². The molecule has 0 spiro atoms. The molecular formula is C20H29FN4O4. The van der Waals surface area contributed by atoms with Crippen LogP contribution in [0.15, 0.2) is 24.3 Å². The molecule has 160 valence electrons. The summed E-state index contributed by atoms with van der Waals surface area (Å²) in [6.45, 7) is 4.96. The summed E-state index contributed by atoms with van der Waals surface area (Å²) < 4.78 is 24.7. The van der Waals surface area contributed by atoms with Gasteiger partial charge in [-0.3, -0.25) is 14.5 Å². The van der Waals surface area contributed by atoms with Crippen LogP contribution in [0.4, 0.5) is 4.39 Å². The number of carbonyl (C=O) groups is 2. The maximum absolute atomic E-state index is 13.1. The largest absolute Gasteiger partial charge is 0.490 e. The molecule has 0 aromatic heterocycles. The molecule has 8 nitrogen and oxygen atoms in total. The van der Waals surface area contributed by atoms with Crippen LogP contribution < -0.4 is 10.5 Å². The van der Waals surface area contributed by atoms with E-state index in [1.807, 2.05) is 0 Å². The van der Waals surface area contributed by atoms with Crippen molar-refractivity contribution in [2.24, 2.45) is 5.73 Å². The lowest BCUT2D eigenvalue weighted by atomic mass is 9.97. The van der Waals surface area contributed by atoms with Gasteiger partial charge in [0.15, 0.2) is 0 Å². The zero-order valence-corrected chi connectivity index (χ0v) is 16.8. The Morgan fingerprint density at radius 1 is 1.17 bits per heavy atom. The molecule has 2 heterocycles. The van der Waals surface area contributed by atoms with E-state index in [2.05, 4.69) is 16.8 Å². The number of carbonyl (C=O) groups excluding carboxylic acids is 2. The summed E-state index contributed by atoms with van der Waals surface area (Å²) in [6, 6.07) is 5.60. The lowest BCUT2D eigenvalue weighted by Crippen LogP contribution is -2.59. The summed E-state index contributed by atoms with van der Waals surface area (Å²) in [5, 5.41) is 0. The highest BCUT2D eigenvalue weighted by molar-refractivity contribution is 5.79. The smallest absolute Gasteiger partial charge is 0.236 e. The molecule has 29 heavy (non-hydrogen) atoms. The first kappa shape index (κ1) is 21.5. The number of ether oxygens (including phenoxy) is 2. The number of amides is 2. The van der Waals surface area contributed by atoms with E-state index in [0.29, 0.717) is 25.4 Å². The average Bonchev–Trinajstić information content (AvgIpc) is 2.69. The van der Waals surface area contributed by atoms with Crippen LogP contribution in [0.5, 0.6) is 5.75 Å². The molecule has 2 fully saturated rings. The Morgan fingerprint density at radius 2 is 1.86 bits per heavy atom. The van der Waals surface area contributed by atoms with Crippen LogP contribution in [0.1, 0.15) is 6.42 Å². The number of likely N-dealkylation sites (N-methyl/N-ethyl adjacent to an activating group) is 1. The van der Waals surface area contributed by atoms with Gasteiger partial charge in [-0.15, -0.1) is 0 Å². The zero-order valence-electron chi connectivity index (χ0n) is 16.8. The number of hydrogen-bond donors (Lipinski definition) is 1. The van der Waals surface area contributed by atoms with Crippen molar-refractivity contribution in [2.75, 3.05) is 66.1 Å². The third kappa shape index (κ3) is 6.12. The first-order valence-electron chi connectivity index (χ1n) is 9.85. The van der Waals surface area contributed by atoms with Crippen molar-refractivity contribution in [2.45, 2.75) is 12.0 Å². The van der Waals surface area contributed by atoms with Gasteiger partial charge >= 0.3 is 0 Å². The van der Waals surface area contributed by atoms with Gasteiger partial charge in [0, 0.05) is 32.7 Å². The van der Waals surface area contributed by atoms with Crippen LogP contribution >= 0.6 is 0 Å². The number of nitrogens with zero attached hydrogens (tertiary/aromatic N) is 3. The fourth-order valence-corrected chi connectivity index (χ4v) is 3.66. The van der Waals surface area contributed by atoms with Crippen molar-refractivity contribution in [3.05, 3.63) is 30.1 Å². The Morgan fingerprint density at radius 3 is 2.52 bits per heavy atom. The second-order valence-corrected chi connectivity index (χ2v) is 7.81. The van der Waals surface area contributed by atoms with Crippen LogP contribution in [0.2, 0.25) is 0 Å². The van der Waals surface area contributed by atoms with Crippen molar-refractivity contribution in [3.8, 4) is 5.75 Å². The SMILES string of the molecule is CN1CCN(CC(=O)N2CCO[C@@](COc3ccc(F)cc3)(CC(N)=O)C2)CC1. The molecule has 0 radical (unpaired) electrons. The molecule has 0 bridgehead atoms. The van der Waals surface area contributed by atoms with Crippen molar-refractivity contribution < 1.29 is 23.5 Å². The Bertz CT molecular complexity index is 709. The van der Waals surface area contributed by atoms with E-state index in [1.165, 1.54) is 24.3 Å². The first-order chi connectivity index (χ1) is 13.8. The summed E-state index contributed by atoms with van der Waals surface area (Å²) in [5.41, 5.74) is 4.42. The van der Waals surface area contributed by atoms with E-state index in [-0.39, 0.29) is 31.3 Å². The molecule has 2 N–H and O–H groups in total. The lowest BCUT2D eigenvalue weighted by Gasteiger charge is -2.42. The summed E-state index contributed by atoms with van der Waals surface area (Å²) in [7, 11) is 2.07. The van der Waals surface area contributed by atoms with Gasteiger partial charge in [-0.1, -0.05) is 0 Å². The third-order valence-electron chi connectivity index (χ3n) is 5.37. The fourth-order valence-electron chi connectivity index (χ4n) is 3.66. The van der Waals surface area contributed by atoms with E-state index in [1.54, 1.807) is 4.90 Å². The molecule has 0 saturated carbocycles. The number of rotatable bonds is 7. The Labute approximate surface area is 170 Å². The number of hydrogen-bond acceptors (Lipinski definition) is 6. The van der Waals surface area contributed by atoms with E-state index in [4.69, 9.17) is 15.2 Å². The Kier molecular flexibility index (Phi) is 7.05. The number of halogens is 1. The van der Waals surface area contributed by atoms with Gasteiger partial charge in [0.25, 0.3) is 0 Å². The highest BCUT2D eigenvalue weighted by atomic mass is 19.1. The monoisotopic (exact) mass is 408 g/mol. The molecule has 3 rings (SSSR count). The molecule has 2 saturated heterocycles. The van der Waals surface area contributed by atoms with Gasteiger partial charge in [0.05, 0.1) is 26.1 Å². The van der Waals surface area contributed by atoms with Gasteiger partial charge in [0.2, 0.25) is 11.8 Å². The zero-order chi connectivity index (χ0) is 20.9. The van der Waals surface area contributed by atoms with Crippen LogP contribution in [0.25, 0.3) is 0 Å². The van der Waals surface area contributed by atoms with Gasteiger partial charge < -0.3 is 25.0 Å². The minimum Gasteiger partial charge on any atom is -0.490 e. The quantitative estimate of drug-likeness (QED) is 0.679. The minimum atomic E-state index is -1.02. The van der Waals surface area contributed by atoms with E-state index >= 15 is 0 Å². The maximum atomic E-state index is 13.1. The molecule has 9 heteroatoms. The van der Waals surface area contributed by atoms with Crippen molar-refractivity contribution in [1.29, 1.82) is 0 Å². The summed E-state index contributed by atoms with van der Waals surface area (Å²) in [6.07, 6.45) is -0.0630. The second-order valence-electron chi connectivity index (χ2n) is 7.81. The number of piperazine rings is 1. The summed E-state index contributed by atoms with van der Waals surface area (Å²) in [4.78, 5) is 30.6.